The number of hydrogen-bond acceptors (Lipinski definition) is 4. The van der Waals surface area contributed by atoms with Crippen molar-refractivity contribution in [3.8, 4) is 0 Å². The first kappa shape index (κ1) is 13.3. The minimum Gasteiger partial charge on any atom is -0.469 e. The molecule has 0 radical (unpaired) electrons. The molecule has 1 unspecified atom stereocenters. The van der Waals surface area contributed by atoms with Gasteiger partial charge in [0.05, 0.1) is 6.26 Å². The van der Waals surface area contributed by atoms with Gasteiger partial charge in [-0.3, -0.25) is 16.3 Å². The largest absolute Gasteiger partial charge is 0.469 e. The van der Waals surface area contributed by atoms with Crippen LogP contribution in [0.4, 0.5) is 0 Å². The molecule has 0 bridgehead atoms. The number of rotatable bonds is 6. The lowest BCUT2D eigenvalue weighted by Gasteiger charge is -2.15. The molecule has 0 aromatic carbocycles. The predicted molar refractivity (Wildman–Crippen MR) is 73.8 cm³/mol. The van der Waals surface area contributed by atoms with E-state index < -0.39 is 0 Å². The molecule has 4 nitrogen and oxygen atoms in total. The smallest absolute Gasteiger partial charge is 0.103 e. The van der Waals surface area contributed by atoms with Crippen molar-refractivity contribution >= 4 is 15.9 Å². The maximum atomic E-state index is 5.59. The topological polar surface area (TPSA) is 64.1 Å². The third-order valence-electron chi connectivity index (χ3n) is 2.80. The van der Waals surface area contributed by atoms with E-state index in [1.807, 2.05) is 18.3 Å². The summed E-state index contributed by atoms with van der Waals surface area (Å²) in [6.07, 6.45) is 7.99. The summed E-state index contributed by atoms with van der Waals surface area (Å²) in [5.74, 6) is 6.57. The molecule has 96 valence electrons. The summed E-state index contributed by atoms with van der Waals surface area (Å²) in [4.78, 5) is 4.15. The van der Waals surface area contributed by atoms with Crippen LogP contribution in [0, 0.1) is 0 Å². The highest BCUT2D eigenvalue weighted by Crippen LogP contribution is 2.13. The second-order valence-corrected chi connectivity index (χ2v) is 5.11. The number of nitrogens with two attached hydrogens (primary N) is 1. The van der Waals surface area contributed by atoms with Crippen LogP contribution in [0.2, 0.25) is 0 Å². The number of nitrogens with one attached hydrogen (secondary N) is 1. The van der Waals surface area contributed by atoms with E-state index in [1.54, 1.807) is 12.5 Å². The lowest BCUT2D eigenvalue weighted by atomic mass is 10.0. The number of hydrazine groups is 1. The van der Waals surface area contributed by atoms with E-state index in [0.717, 1.165) is 35.1 Å². The summed E-state index contributed by atoms with van der Waals surface area (Å²) in [7, 11) is 0. The number of hydrogen-bond donors (Lipinski definition) is 2. The van der Waals surface area contributed by atoms with Crippen LogP contribution >= 0.6 is 15.9 Å². The zero-order valence-electron chi connectivity index (χ0n) is 9.97. The molecule has 18 heavy (non-hydrogen) atoms. The van der Waals surface area contributed by atoms with E-state index in [2.05, 4.69) is 32.4 Å². The maximum absolute atomic E-state index is 5.59. The predicted octanol–water partition coefficient (Wildman–Crippen LogP) is 2.44. The summed E-state index contributed by atoms with van der Waals surface area (Å²) >= 11 is 3.42. The summed E-state index contributed by atoms with van der Waals surface area (Å²) in [5.41, 5.74) is 4.01. The number of pyridine rings is 1. The van der Waals surface area contributed by atoms with E-state index in [9.17, 15) is 0 Å². The highest BCUT2D eigenvalue weighted by Gasteiger charge is 2.09. The van der Waals surface area contributed by atoms with Gasteiger partial charge in [-0.2, -0.15) is 0 Å². The van der Waals surface area contributed by atoms with E-state index in [0.29, 0.717) is 0 Å². The van der Waals surface area contributed by atoms with E-state index in [1.165, 1.54) is 0 Å². The minimum atomic E-state index is 0.214. The molecule has 0 saturated heterocycles. The molecule has 0 aliphatic rings. The van der Waals surface area contributed by atoms with Crippen LogP contribution in [-0.4, -0.2) is 11.0 Å². The van der Waals surface area contributed by atoms with Crippen molar-refractivity contribution in [1.29, 1.82) is 0 Å². The molecule has 0 aliphatic carbocycles. The first-order valence-corrected chi connectivity index (χ1v) is 6.65. The van der Waals surface area contributed by atoms with Crippen molar-refractivity contribution in [2.75, 3.05) is 0 Å². The van der Waals surface area contributed by atoms with Gasteiger partial charge in [0, 0.05) is 29.3 Å². The molecule has 2 aromatic rings. The molecule has 2 aromatic heterocycles. The summed E-state index contributed by atoms with van der Waals surface area (Å²) in [6.45, 7) is 0. The number of halogens is 1. The monoisotopic (exact) mass is 309 g/mol. The Kier molecular flexibility index (Phi) is 4.92. The van der Waals surface area contributed by atoms with Crippen LogP contribution in [0.15, 0.2) is 45.7 Å². The lowest BCUT2D eigenvalue weighted by Crippen LogP contribution is -2.37. The molecule has 3 N–H and O–H groups in total. The fraction of sp³-hybridized carbons (Fsp3) is 0.308. The average molecular weight is 310 g/mol. The van der Waals surface area contributed by atoms with Crippen molar-refractivity contribution in [3.63, 3.8) is 0 Å². The van der Waals surface area contributed by atoms with Gasteiger partial charge in [-0.05, 0) is 52.5 Å². The molecule has 0 fully saturated rings. The Morgan fingerprint density at radius 2 is 2.33 bits per heavy atom. The fourth-order valence-corrected chi connectivity index (χ4v) is 2.28. The van der Waals surface area contributed by atoms with Crippen molar-refractivity contribution in [3.05, 3.63) is 52.7 Å². The number of nitrogens with zero attached hydrogens (tertiary/aromatic N) is 1. The summed E-state index contributed by atoms with van der Waals surface area (Å²) < 4.78 is 6.30. The Morgan fingerprint density at radius 1 is 1.44 bits per heavy atom. The summed E-state index contributed by atoms with van der Waals surface area (Å²) in [5, 5.41) is 0. The second kappa shape index (κ2) is 6.68. The molecule has 1 atom stereocenters. The second-order valence-electron chi connectivity index (χ2n) is 4.20. The normalized spacial score (nSPS) is 12.6. The van der Waals surface area contributed by atoms with Gasteiger partial charge in [0.2, 0.25) is 0 Å². The first-order valence-electron chi connectivity index (χ1n) is 5.86. The molecule has 0 saturated carbocycles. The zero-order chi connectivity index (χ0) is 12.8. The van der Waals surface area contributed by atoms with Crippen molar-refractivity contribution in [2.24, 2.45) is 5.84 Å². The Labute approximate surface area is 115 Å². The van der Waals surface area contributed by atoms with E-state index in [-0.39, 0.29) is 6.04 Å². The van der Waals surface area contributed by atoms with Crippen LogP contribution in [0.1, 0.15) is 17.7 Å². The zero-order valence-corrected chi connectivity index (χ0v) is 11.6. The van der Waals surface area contributed by atoms with Crippen molar-refractivity contribution < 1.29 is 4.42 Å². The molecule has 0 aliphatic heterocycles. The standard InChI is InChI=1S/C13H16BrN3O/c14-11-6-10(8-16-9-11)7-12(17-15)3-4-13-2-1-5-18-13/h1-2,5-6,8-9,12,17H,3-4,7,15H2. The molecular formula is C13H16BrN3O. The van der Waals surface area contributed by atoms with Crippen LogP contribution in [-0.2, 0) is 12.8 Å². The van der Waals surface area contributed by atoms with Gasteiger partial charge in [0.25, 0.3) is 0 Å². The quantitative estimate of drug-likeness (QED) is 0.635. The third kappa shape index (κ3) is 3.94. The number of aromatic nitrogens is 1. The number of aryl methyl sites for hydroxylation is 1. The summed E-state index contributed by atoms with van der Waals surface area (Å²) in [6, 6.07) is 6.16. The van der Waals surface area contributed by atoms with Gasteiger partial charge in [0.15, 0.2) is 0 Å². The van der Waals surface area contributed by atoms with Gasteiger partial charge >= 0.3 is 0 Å². The third-order valence-corrected chi connectivity index (χ3v) is 3.23. The Hall–Kier alpha value is -1.17. The maximum Gasteiger partial charge on any atom is 0.103 e. The first-order chi connectivity index (χ1) is 8.78. The molecule has 2 heterocycles. The van der Waals surface area contributed by atoms with Crippen LogP contribution < -0.4 is 11.3 Å². The highest BCUT2D eigenvalue weighted by atomic mass is 79.9. The van der Waals surface area contributed by atoms with Crippen molar-refractivity contribution in [2.45, 2.75) is 25.3 Å². The Morgan fingerprint density at radius 3 is 3.00 bits per heavy atom. The Bertz CT molecular complexity index is 473. The molecule has 0 spiro atoms. The van der Waals surface area contributed by atoms with Crippen molar-refractivity contribution in [1.82, 2.24) is 10.4 Å². The van der Waals surface area contributed by atoms with Crippen LogP contribution in [0.3, 0.4) is 0 Å². The van der Waals surface area contributed by atoms with Gasteiger partial charge in [-0.25, -0.2) is 0 Å². The van der Waals surface area contributed by atoms with Gasteiger partial charge in [-0.1, -0.05) is 0 Å². The van der Waals surface area contributed by atoms with Gasteiger partial charge in [-0.15, -0.1) is 0 Å². The molecule has 0 amide bonds. The average Bonchev–Trinajstić information content (AvgIpc) is 2.87. The van der Waals surface area contributed by atoms with E-state index in [4.69, 9.17) is 10.3 Å². The number of furan rings is 1. The Balaban J connectivity index is 1.89. The van der Waals surface area contributed by atoms with Crippen LogP contribution in [0.25, 0.3) is 0 Å². The minimum absolute atomic E-state index is 0.214. The highest BCUT2D eigenvalue weighted by molar-refractivity contribution is 9.10. The molecule has 5 heteroatoms. The van der Waals surface area contributed by atoms with Crippen LogP contribution in [0.5, 0.6) is 0 Å². The molecular weight excluding hydrogens is 294 g/mol. The molecule has 2 rings (SSSR count). The SMILES string of the molecule is NNC(CCc1ccco1)Cc1cncc(Br)c1. The fourth-order valence-electron chi connectivity index (χ4n) is 1.87. The van der Waals surface area contributed by atoms with E-state index >= 15 is 0 Å². The lowest BCUT2D eigenvalue weighted by molar-refractivity contribution is 0.447. The van der Waals surface area contributed by atoms with Gasteiger partial charge < -0.3 is 4.42 Å². The van der Waals surface area contributed by atoms with Gasteiger partial charge in [0.1, 0.15) is 5.76 Å².